The van der Waals surface area contributed by atoms with Gasteiger partial charge in [0, 0.05) is 4.47 Å². The van der Waals surface area contributed by atoms with E-state index < -0.39 is 0 Å². The molecule has 0 fully saturated rings. The molecule has 0 aliphatic rings. The smallest absolute Gasteiger partial charge is 0.168 e. The number of rotatable bonds is 1. The number of pyridine rings is 1. The lowest BCUT2D eigenvalue weighted by atomic mass is 10.4. The van der Waals surface area contributed by atoms with E-state index in [1.165, 1.54) is 0 Å². The number of aldehydes is 1. The maximum Gasteiger partial charge on any atom is 0.168 e. The van der Waals surface area contributed by atoms with Crippen molar-refractivity contribution < 1.29 is 4.79 Å². The molecule has 1 aromatic heterocycles. The second-order valence-electron chi connectivity index (χ2n) is 1.65. The molecule has 0 spiro atoms. The van der Waals surface area contributed by atoms with Crippen molar-refractivity contribution >= 4 is 44.8 Å². The summed E-state index contributed by atoms with van der Waals surface area (Å²) in [5, 5.41) is 0. The molecule has 4 heteroatoms. The maximum absolute atomic E-state index is 10.2. The third-order valence-corrected chi connectivity index (χ3v) is 1.91. The molecule has 10 heavy (non-hydrogen) atoms. The zero-order chi connectivity index (χ0) is 7.56. The molecule has 0 atom stereocenters. The molecule has 0 N–H and O–H groups in total. The summed E-state index contributed by atoms with van der Waals surface area (Å²) < 4.78 is 1.70. The number of aromatic nitrogens is 1. The van der Waals surface area contributed by atoms with E-state index >= 15 is 0 Å². The number of carbonyl (C=O) groups excluding carboxylic acids is 1. The van der Waals surface area contributed by atoms with Gasteiger partial charge in [0.25, 0.3) is 0 Å². The van der Waals surface area contributed by atoms with Gasteiger partial charge in [0.15, 0.2) is 6.29 Å². The van der Waals surface area contributed by atoms with Crippen LogP contribution in [0.25, 0.3) is 0 Å². The van der Waals surface area contributed by atoms with Crippen LogP contribution in [0, 0.1) is 3.70 Å². The monoisotopic (exact) mass is 311 g/mol. The normalized spacial score (nSPS) is 9.40. The van der Waals surface area contributed by atoms with Crippen molar-refractivity contribution in [1.82, 2.24) is 4.98 Å². The Morgan fingerprint density at radius 2 is 2.30 bits per heavy atom. The number of carbonyl (C=O) groups is 1. The first-order chi connectivity index (χ1) is 4.72. The van der Waals surface area contributed by atoms with Crippen molar-refractivity contribution in [2.24, 2.45) is 0 Å². The summed E-state index contributed by atoms with van der Waals surface area (Å²) in [5.41, 5.74) is 0.457. The minimum atomic E-state index is 0.457. The number of hydrogen-bond acceptors (Lipinski definition) is 2. The SMILES string of the molecule is O=Cc1cc(Br)cc(I)n1. The third kappa shape index (κ3) is 2.02. The van der Waals surface area contributed by atoms with Crippen molar-refractivity contribution in [1.29, 1.82) is 0 Å². The van der Waals surface area contributed by atoms with Gasteiger partial charge >= 0.3 is 0 Å². The van der Waals surface area contributed by atoms with Crippen LogP contribution >= 0.6 is 38.5 Å². The fourth-order valence-electron chi connectivity index (χ4n) is 0.545. The van der Waals surface area contributed by atoms with Gasteiger partial charge in [0.1, 0.15) is 9.39 Å². The van der Waals surface area contributed by atoms with Crippen LogP contribution < -0.4 is 0 Å². The Morgan fingerprint density at radius 1 is 1.60 bits per heavy atom. The van der Waals surface area contributed by atoms with Gasteiger partial charge in [0.2, 0.25) is 0 Å². The zero-order valence-electron chi connectivity index (χ0n) is 4.84. The second kappa shape index (κ2) is 3.43. The Morgan fingerprint density at radius 3 is 2.80 bits per heavy atom. The van der Waals surface area contributed by atoms with E-state index in [0.717, 1.165) is 14.5 Å². The van der Waals surface area contributed by atoms with Crippen molar-refractivity contribution in [3.05, 3.63) is 26.0 Å². The Labute approximate surface area is 80.3 Å². The summed E-state index contributed by atoms with van der Waals surface area (Å²) in [4.78, 5) is 14.2. The van der Waals surface area contributed by atoms with Crippen molar-refractivity contribution in [3.8, 4) is 0 Å². The molecule has 52 valence electrons. The quantitative estimate of drug-likeness (QED) is 0.452. The summed E-state index contributed by atoms with van der Waals surface area (Å²) in [5.74, 6) is 0. The standard InChI is InChI=1S/C6H3BrINO/c7-4-1-5(3-10)9-6(8)2-4/h1-3H. The number of hydrogen-bond donors (Lipinski definition) is 0. The van der Waals surface area contributed by atoms with Crippen molar-refractivity contribution in [2.45, 2.75) is 0 Å². The predicted octanol–water partition coefficient (Wildman–Crippen LogP) is 2.26. The first kappa shape index (κ1) is 8.13. The van der Waals surface area contributed by atoms with E-state index in [1.54, 1.807) is 6.07 Å². The molecular weight excluding hydrogens is 309 g/mol. The highest BCUT2D eigenvalue weighted by Gasteiger charge is 1.95. The molecule has 1 heterocycles. The molecule has 0 saturated heterocycles. The predicted molar refractivity (Wildman–Crippen MR) is 50.0 cm³/mol. The van der Waals surface area contributed by atoms with E-state index in [1.807, 2.05) is 6.07 Å². The minimum absolute atomic E-state index is 0.457. The molecule has 2 nitrogen and oxygen atoms in total. The minimum Gasteiger partial charge on any atom is -0.296 e. The summed E-state index contributed by atoms with van der Waals surface area (Å²) in [6, 6.07) is 3.52. The fraction of sp³-hybridized carbons (Fsp3) is 0. The fourth-order valence-corrected chi connectivity index (χ4v) is 2.04. The van der Waals surface area contributed by atoms with E-state index in [2.05, 4.69) is 43.5 Å². The molecule has 0 saturated carbocycles. The highest BCUT2D eigenvalue weighted by atomic mass is 127. The van der Waals surface area contributed by atoms with Crippen LogP contribution in [0.5, 0.6) is 0 Å². The van der Waals surface area contributed by atoms with Crippen LogP contribution in [-0.2, 0) is 0 Å². The van der Waals surface area contributed by atoms with E-state index in [9.17, 15) is 4.79 Å². The van der Waals surface area contributed by atoms with Gasteiger partial charge in [-0.05, 0) is 34.7 Å². The number of nitrogens with zero attached hydrogens (tertiary/aromatic N) is 1. The van der Waals surface area contributed by atoms with Gasteiger partial charge in [-0.1, -0.05) is 15.9 Å². The van der Waals surface area contributed by atoms with Crippen molar-refractivity contribution in [3.63, 3.8) is 0 Å². The molecule has 0 radical (unpaired) electrons. The van der Waals surface area contributed by atoms with Crippen LogP contribution in [-0.4, -0.2) is 11.3 Å². The highest BCUT2D eigenvalue weighted by Crippen LogP contribution is 2.12. The molecule has 0 aliphatic carbocycles. The zero-order valence-corrected chi connectivity index (χ0v) is 8.59. The average Bonchev–Trinajstić information content (AvgIpc) is 1.85. The molecule has 0 amide bonds. The molecule has 0 aromatic carbocycles. The van der Waals surface area contributed by atoms with E-state index in [-0.39, 0.29) is 0 Å². The van der Waals surface area contributed by atoms with Gasteiger partial charge in [0.05, 0.1) is 0 Å². The molecule has 0 bridgehead atoms. The molecule has 1 rings (SSSR count). The largest absolute Gasteiger partial charge is 0.296 e. The first-order valence-electron chi connectivity index (χ1n) is 2.50. The second-order valence-corrected chi connectivity index (χ2v) is 3.67. The average molecular weight is 312 g/mol. The summed E-state index contributed by atoms with van der Waals surface area (Å²) >= 11 is 5.30. The van der Waals surface area contributed by atoms with Crippen LogP contribution in [0.2, 0.25) is 0 Å². The van der Waals surface area contributed by atoms with E-state index in [4.69, 9.17) is 0 Å². The van der Waals surface area contributed by atoms with Crippen LogP contribution in [0.15, 0.2) is 16.6 Å². The molecular formula is C6H3BrINO. The van der Waals surface area contributed by atoms with Gasteiger partial charge in [-0.25, -0.2) is 4.98 Å². The topological polar surface area (TPSA) is 30.0 Å². The Balaban J connectivity index is 3.18. The lowest BCUT2D eigenvalue weighted by Crippen LogP contribution is -1.88. The van der Waals surface area contributed by atoms with Gasteiger partial charge in [-0.3, -0.25) is 4.79 Å². The van der Waals surface area contributed by atoms with E-state index in [0.29, 0.717) is 5.69 Å². The lowest BCUT2D eigenvalue weighted by molar-refractivity contribution is 0.111. The third-order valence-electron chi connectivity index (χ3n) is 0.899. The van der Waals surface area contributed by atoms with Gasteiger partial charge in [-0.2, -0.15) is 0 Å². The van der Waals surface area contributed by atoms with Crippen LogP contribution in [0.3, 0.4) is 0 Å². The van der Waals surface area contributed by atoms with Gasteiger partial charge < -0.3 is 0 Å². The summed E-state index contributed by atoms with van der Waals surface area (Å²) in [6.07, 6.45) is 0.729. The molecule has 0 unspecified atom stereocenters. The van der Waals surface area contributed by atoms with Crippen LogP contribution in [0.4, 0.5) is 0 Å². The summed E-state index contributed by atoms with van der Waals surface area (Å²) in [7, 11) is 0. The van der Waals surface area contributed by atoms with Crippen molar-refractivity contribution in [2.75, 3.05) is 0 Å². The molecule has 0 aliphatic heterocycles. The van der Waals surface area contributed by atoms with Crippen LogP contribution in [0.1, 0.15) is 10.5 Å². The first-order valence-corrected chi connectivity index (χ1v) is 4.38. The highest BCUT2D eigenvalue weighted by molar-refractivity contribution is 14.1. The molecule has 1 aromatic rings. The lowest BCUT2D eigenvalue weighted by Gasteiger charge is -1.92. The maximum atomic E-state index is 10.2. The Bertz CT molecular complexity index is 244. The number of halogens is 2. The summed E-state index contributed by atoms with van der Waals surface area (Å²) in [6.45, 7) is 0. The Kier molecular flexibility index (Phi) is 2.79. The Hall–Kier alpha value is 0.0300. The van der Waals surface area contributed by atoms with Gasteiger partial charge in [-0.15, -0.1) is 0 Å².